The van der Waals surface area contributed by atoms with Gasteiger partial charge in [-0.1, -0.05) is 50.2 Å². The minimum absolute atomic E-state index is 0.174. The highest BCUT2D eigenvalue weighted by Crippen LogP contribution is 2.28. The molecule has 0 spiro atoms. The first-order chi connectivity index (χ1) is 11.0. The molecule has 0 saturated carbocycles. The third kappa shape index (κ3) is 3.83. The number of amides is 1. The molecule has 0 aliphatic carbocycles. The maximum absolute atomic E-state index is 12.6. The molecular weight excluding hydrogens is 290 g/mol. The van der Waals surface area contributed by atoms with Gasteiger partial charge >= 0.3 is 0 Å². The van der Waals surface area contributed by atoms with E-state index in [1.807, 2.05) is 18.2 Å². The Kier molecular flexibility index (Phi) is 5.27. The SMILES string of the molecule is COc1cccc(OC)c1C(=O)NCC(C)(C)c1ccccc1. The van der Waals surface area contributed by atoms with E-state index in [9.17, 15) is 4.79 Å². The summed E-state index contributed by atoms with van der Waals surface area (Å²) in [5.74, 6) is 0.794. The highest BCUT2D eigenvalue weighted by atomic mass is 16.5. The zero-order chi connectivity index (χ0) is 16.9. The van der Waals surface area contributed by atoms with Crippen molar-refractivity contribution in [2.75, 3.05) is 20.8 Å². The Bertz CT molecular complexity index is 643. The molecule has 0 atom stereocenters. The zero-order valence-electron chi connectivity index (χ0n) is 14.1. The molecule has 122 valence electrons. The molecule has 4 heteroatoms. The predicted molar refractivity (Wildman–Crippen MR) is 91.3 cm³/mol. The number of carbonyl (C=O) groups excluding carboxylic acids is 1. The van der Waals surface area contributed by atoms with Gasteiger partial charge in [-0.05, 0) is 17.7 Å². The van der Waals surface area contributed by atoms with Crippen LogP contribution in [0, 0.1) is 0 Å². The van der Waals surface area contributed by atoms with E-state index >= 15 is 0 Å². The maximum atomic E-state index is 12.6. The Morgan fingerprint density at radius 2 is 1.52 bits per heavy atom. The summed E-state index contributed by atoms with van der Waals surface area (Å²) in [7, 11) is 3.08. The van der Waals surface area contributed by atoms with Gasteiger partial charge in [0.1, 0.15) is 17.1 Å². The first kappa shape index (κ1) is 16.9. The second-order valence-corrected chi connectivity index (χ2v) is 5.97. The number of nitrogens with one attached hydrogen (secondary N) is 1. The van der Waals surface area contributed by atoms with Crippen LogP contribution in [0.5, 0.6) is 11.5 Å². The van der Waals surface area contributed by atoms with Crippen LogP contribution in [0.2, 0.25) is 0 Å². The van der Waals surface area contributed by atoms with Crippen LogP contribution in [0.4, 0.5) is 0 Å². The van der Waals surface area contributed by atoms with Gasteiger partial charge in [-0.2, -0.15) is 0 Å². The van der Waals surface area contributed by atoms with Gasteiger partial charge in [-0.3, -0.25) is 4.79 Å². The lowest BCUT2D eigenvalue weighted by atomic mass is 9.84. The van der Waals surface area contributed by atoms with Crippen LogP contribution < -0.4 is 14.8 Å². The molecular formula is C19H23NO3. The average molecular weight is 313 g/mol. The monoisotopic (exact) mass is 313 g/mol. The summed E-state index contributed by atoms with van der Waals surface area (Å²) in [6, 6.07) is 15.4. The first-order valence-electron chi connectivity index (χ1n) is 7.54. The van der Waals surface area contributed by atoms with Crippen LogP contribution in [0.3, 0.4) is 0 Å². The minimum atomic E-state index is -0.205. The standard InChI is InChI=1S/C19H23NO3/c1-19(2,14-9-6-5-7-10-14)13-20-18(21)17-15(22-3)11-8-12-16(17)23-4/h5-12H,13H2,1-4H3,(H,20,21). The van der Waals surface area contributed by atoms with Crippen LogP contribution >= 0.6 is 0 Å². The Morgan fingerprint density at radius 1 is 0.957 bits per heavy atom. The zero-order valence-corrected chi connectivity index (χ0v) is 14.1. The topological polar surface area (TPSA) is 47.6 Å². The number of ether oxygens (including phenoxy) is 2. The van der Waals surface area contributed by atoms with Crippen molar-refractivity contribution < 1.29 is 14.3 Å². The number of hydrogen-bond donors (Lipinski definition) is 1. The fraction of sp³-hybridized carbons (Fsp3) is 0.316. The van der Waals surface area contributed by atoms with E-state index in [2.05, 4.69) is 31.3 Å². The molecule has 4 nitrogen and oxygen atoms in total. The minimum Gasteiger partial charge on any atom is -0.496 e. The Labute approximate surface area is 137 Å². The van der Waals surface area contributed by atoms with Crippen molar-refractivity contribution in [1.82, 2.24) is 5.32 Å². The second-order valence-electron chi connectivity index (χ2n) is 5.97. The van der Waals surface area contributed by atoms with Crippen LogP contribution in [-0.2, 0) is 5.41 Å². The number of methoxy groups -OCH3 is 2. The van der Waals surface area contributed by atoms with Crippen molar-refractivity contribution in [2.24, 2.45) is 0 Å². The van der Waals surface area contributed by atoms with E-state index in [1.165, 1.54) is 5.56 Å². The highest BCUT2D eigenvalue weighted by molar-refractivity contribution is 5.99. The van der Waals surface area contributed by atoms with E-state index in [0.29, 0.717) is 23.6 Å². The molecule has 2 aromatic carbocycles. The highest BCUT2D eigenvalue weighted by Gasteiger charge is 2.24. The van der Waals surface area contributed by atoms with Crippen molar-refractivity contribution in [2.45, 2.75) is 19.3 Å². The molecule has 2 aromatic rings. The number of carbonyl (C=O) groups is 1. The van der Waals surface area contributed by atoms with Gasteiger partial charge < -0.3 is 14.8 Å². The number of hydrogen-bond acceptors (Lipinski definition) is 3. The van der Waals surface area contributed by atoms with E-state index < -0.39 is 0 Å². The molecule has 0 fully saturated rings. The van der Waals surface area contributed by atoms with Crippen molar-refractivity contribution >= 4 is 5.91 Å². The van der Waals surface area contributed by atoms with Gasteiger partial charge in [-0.15, -0.1) is 0 Å². The lowest BCUT2D eigenvalue weighted by molar-refractivity contribution is 0.0939. The molecule has 0 radical (unpaired) electrons. The molecule has 0 bridgehead atoms. The lowest BCUT2D eigenvalue weighted by Crippen LogP contribution is -2.37. The van der Waals surface area contributed by atoms with Gasteiger partial charge in [0, 0.05) is 12.0 Å². The van der Waals surface area contributed by atoms with E-state index in [1.54, 1.807) is 32.4 Å². The molecule has 0 aliphatic heterocycles. The summed E-state index contributed by atoms with van der Waals surface area (Å²) in [5, 5.41) is 2.99. The van der Waals surface area contributed by atoms with Crippen molar-refractivity contribution in [3.63, 3.8) is 0 Å². The molecule has 0 aliphatic rings. The number of rotatable bonds is 6. The summed E-state index contributed by atoms with van der Waals surface area (Å²) in [6.45, 7) is 4.71. The molecule has 1 amide bonds. The molecule has 0 aromatic heterocycles. The van der Waals surface area contributed by atoms with Gasteiger partial charge in [0.05, 0.1) is 14.2 Å². The quantitative estimate of drug-likeness (QED) is 0.889. The molecule has 1 N–H and O–H groups in total. The van der Waals surface area contributed by atoms with E-state index in [-0.39, 0.29) is 11.3 Å². The Balaban J connectivity index is 2.17. The van der Waals surface area contributed by atoms with E-state index in [0.717, 1.165) is 0 Å². The molecule has 0 heterocycles. The van der Waals surface area contributed by atoms with Gasteiger partial charge in [0.2, 0.25) is 0 Å². The third-order valence-corrected chi connectivity index (χ3v) is 3.90. The smallest absolute Gasteiger partial charge is 0.258 e. The van der Waals surface area contributed by atoms with Gasteiger partial charge in [-0.25, -0.2) is 0 Å². The van der Waals surface area contributed by atoms with Crippen LogP contribution in [0.1, 0.15) is 29.8 Å². The lowest BCUT2D eigenvalue weighted by Gasteiger charge is -2.26. The average Bonchev–Trinajstić information content (AvgIpc) is 2.59. The largest absolute Gasteiger partial charge is 0.496 e. The fourth-order valence-corrected chi connectivity index (χ4v) is 2.46. The third-order valence-electron chi connectivity index (χ3n) is 3.90. The summed E-state index contributed by atoms with van der Waals surface area (Å²) >= 11 is 0. The summed E-state index contributed by atoms with van der Waals surface area (Å²) in [4.78, 5) is 12.6. The van der Waals surface area contributed by atoms with Gasteiger partial charge in [0.15, 0.2) is 0 Å². The second kappa shape index (κ2) is 7.18. The van der Waals surface area contributed by atoms with E-state index in [4.69, 9.17) is 9.47 Å². The first-order valence-corrected chi connectivity index (χ1v) is 7.54. The van der Waals surface area contributed by atoms with Crippen molar-refractivity contribution in [3.8, 4) is 11.5 Å². The molecule has 2 rings (SSSR count). The summed E-state index contributed by atoms with van der Waals surface area (Å²) in [6.07, 6.45) is 0. The van der Waals surface area contributed by atoms with Gasteiger partial charge in [0.25, 0.3) is 5.91 Å². The Morgan fingerprint density at radius 3 is 2.04 bits per heavy atom. The van der Waals surface area contributed by atoms with Crippen LogP contribution in [-0.4, -0.2) is 26.7 Å². The van der Waals surface area contributed by atoms with Crippen molar-refractivity contribution in [1.29, 1.82) is 0 Å². The van der Waals surface area contributed by atoms with Crippen LogP contribution in [0.25, 0.3) is 0 Å². The molecule has 0 saturated heterocycles. The normalized spacial score (nSPS) is 11.0. The van der Waals surface area contributed by atoms with Crippen molar-refractivity contribution in [3.05, 3.63) is 59.7 Å². The summed E-state index contributed by atoms with van der Waals surface area (Å²) in [5.41, 5.74) is 1.42. The molecule has 23 heavy (non-hydrogen) atoms. The summed E-state index contributed by atoms with van der Waals surface area (Å²) < 4.78 is 10.6. The predicted octanol–water partition coefficient (Wildman–Crippen LogP) is 3.41. The Hall–Kier alpha value is -2.49. The van der Waals surface area contributed by atoms with Crippen LogP contribution in [0.15, 0.2) is 48.5 Å². The maximum Gasteiger partial charge on any atom is 0.258 e. The number of benzene rings is 2. The molecule has 0 unspecified atom stereocenters. The fourth-order valence-electron chi connectivity index (χ4n) is 2.46.